The molecule has 0 radical (unpaired) electrons. The molecule has 2 fully saturated rings. The van der Waals surface area contributed by atoms with E-state index in [1.807, 2.05) is 0 Å². The average molecular weight is 416 g/mol. The molecule has 29 heavy (non-hydrogen) atoms. The first-order valence-electron chi connectivity index (χ1n) is 9.84. The molecule has 0 saturated heterocycles. The van der Waals surface area contributed by atoms with Gasteiger partial charge in [-0.05, 0) is 51.4 Å². The van der Waals surface area contributed by atoms with Crippen LogP contribution in [0.15, 0.2) is 0 Å². The Labute approximate surface area is 168 Å². The van der Waals surface area contributed by atoms with Crippen LogP contribution < -0.4 is 0 Å². The van der Waals surface area contributed by atoms with Crippen LogP contribution >= 0.6 is 0 Å². The summed E-state index contributed by atoms with van der Waals surface area (Å²) in [5.74, 6) is -3.24. The van der Waals surface area contributed by atoms with Gasteiger partial charge in [-0.3, -0.25) is 19.2 Å². The summed E-state index contributed by atoms with van der Waals surface area (Å²) in [5, 5.41) is 17.2. The van der Waals surface area contributed by atoms with Gasteiger partial charge in [0, 0.05) is 0 Å². The van der Waals surface area contributed by atoms with E-state index >= 15 is 0 Å². The van der Waals surface area contributed by atoms with Crippen LogP contribution in [0.3, 0.4) is 0 Å². The van der Waals surface area contributed by atoms with Crippen molar-refractivity contribution in [1.82, 2.24) is 0 Å². The molecular formula is C19H28O10. The van der Waals surface area contributed by atoms with Crippen molar-refractivity contribution in [1.29, 1.82) is 0 Å². The lowest BCUT2D eigenvalue weighted by molar-refractivity contribution is -0.176. The maximum absolute atomic E-state index is 12.1. The number of carbonyl (C=O) groups is 4. The van der Waals surface area contributed by atoms with Crippen LogP contribution in [-0.4, -0.2) is 54.5 Å². The van der Waals surface area contributed by atoms with E-state index in [2.05, 4.69) is 9.47 Å². The minimum Gasteiger partial charge on any atom is -0.438 e. The van der Waals surface area contributed by atoms with Gasteiger partial charge in [-0.2, -0.15) is 0 Å². The fourth-order valence-corrected chi connectivity index (χ4v) is 3.87. The number of esters is 4. The van der Waals surface area contributed by atoms with Gasteiger partial charge in [0.25, 0.3) is 0 Å². The van der Waals surface area contributed by atoms with Gasteiger partial charge in [-0.15, -0.1) is 0 Å². The second-order valence-corrected chi connectivity index (χ2v) is 7.33. The molecular weight excluding hydrogens is 388 g/mol. The molecule has 2 N–H and O–H groups in total. The van der Waals surface area contributed by atoms with Crippen molar-refractivity contribution in [3.05, 3.63) is 0 Å². The highest BCUT2D eigenvalue weighted by atomic mass is 16.7. The van der Waals surface area contributed by atoms with Gasteiger partial charge in [0.2, 0.25) is 6.79 Å². The van der Waals surface area contributed by atoms with Gasteiger partial charge in [0.15, 0.2) is 13.6 Å². The Bertz CT molecular complexity index is 524. The van der Waals surface area contributed by atoms with Gasteiger partial charge >= 0.3 is 23.9 Å². The normalized spacial score (nSPS) is 26.8. The number of hydrogen-bond acceptors (Lipinski definition) is 10. The molecule has 0 aromatic rings. The number of aliphatic hydroxyl groups is 2. The molecule has 0 bridgehead atoms. The van der Waals surface area contributed by atoms with Crippen LogP contribution in [0.25, 0.3) is 0 Å². The van der Waals surface area contributed by atoms with E-state index in [0.717, 1.165) is 0 Å². The van der Waals surface area contributed by atoms with Gasteiger partial charge < -0.3 is 29.2 Å². The van der Waals surface area contributed by atoms with Crippen LogP contribution in [0.1, 0.15) is 51.4 Å². The van der Waals surface area contributed by atoms with Crippen LogP contribution in [0.5, 0.6) is 0 Å². The Hall–Kier alpha value is -2.20. The van der Waals surface area contributed by atoms with Crippen molar-refractivity contribution in [2.45, 2.75) is 51.4 Å². The molecule has 0 heterocycles. The van der Waals surface area contributed by atoms with Crippen molar-refractivity contribution >= 4 is 23.9 Å². The van der Waals surface area contributed by atoms with Crippen LogP contribution in [-0.2, 0) is 38.1 Å². The third-order valence-electron chi connectivity index (χ3n) is 5.60. The second kappa shape index (κ2) is 11.7. The third-order valence-corrected chi connectivity index (χ3v) is 5.60. The number of ether oxygens (including phenoxy) is 4. The fourth-order valence-electron chi connectivity index (χ4n) is 3.87. The number of rotatable bonds is 8. The van der Waals surface area contributed by atoms with Gasteiger partial charge in [0.05, 0.1) is 23.7 Å². The molecule has 0 unspecified atom stereocenters. The number of aliphatic hydroxyl groups excluding tert-OH is 2. The predicted molar refractivity (Wildman–Crippen MR) is 94.3 cm³/mol. The summed E-state index contributed by atoms with van der Waals surface area (Å²) in [6, 6.07) is 0. The lowest BCUT2D eigenvalue weighted by Crippen LogP contribution is -2.30. The topological polar surface area (TPSA) is 146 Å². The van der Waals surface area contributed by atoms with Crippen LogP contribution in [0, 0.1) is 23.7 Å². The molecule has 10 nitrogen and oxygen atoms in total. The second-order valence-electron chi connectivity index (χ2n) is 7.33. The highest BCUT2D eigenvalue weighted by Gasteiger charge is 2.33. The Balaban J connectivity index is 1.62. The van der Waals surface area contributed by atoms with Crippen molar-refractivity contribution in [3.8, 4) is 0 Å². The van der Waals surface area contributed by atoms with Gasteiger partial charge in [-0.1, -0.05) is 0 Å². The molecule has 2 aliphatic rings. The quantitative estimate of drug-likeness (QED) is 0.328. The van der Waals surface area contributed by atoms with E-state index in [1.54, 1.807) is 0 Å². The molecule has 2 saturated carbocycles. The van der Waals surface area contributed by atoms with E-state index in [1.165, 1.54) is 0 Å². The van der Waals surface area contributed by atoms with Crippen LogP contribution in [0.2, 0.25) is 0 Å². The number of carbonyl (C=O) groups excluding carboxylic acids is 4. The van der Waals surface area contributed by atoms with Crippen molar-refractivity contribution in [2.75, 3.05) is 20.4 Å². The van der Waals surface area contributed by atoms with Crippen molar-refractivity contribution < 1.29 is 48.3 Å². The molecule has 0 spiro atoms. The molecule has 10 heteroatoms. The summed E-state index contributed by atoms with van der Waals surface area (Å²) in [7, 11) is 0. The van der Waals surface area contributed by atoms with E-state index in [0.29, 0.717) is 51.4 Å². The van der Waals surface area contributed by atoms with Crippen molar-refractivity contribution in [2.24, 2.45) is 23.7 Å². The minimum atomic E-state index is -0.652. The lowest BCUT2D eigenvalue weighted by Gasteiger charge is -2.26. The van der Waals surface area contributed by atoms with Gasteiger partial charge in [0.1, 0.15) is 0 Å². The van der Waals surface area contributed by atoms with E-state index in [4.69, 9.17) is 19.7 Å². The SMILES string of the molecule is O=C(OCO)C1CCC(C(=O)OCOC(=O)C2CCC(C(=O)OCO)CC2)CC1. The first-order chi connectivity index (χ1) is 14.0. The van der Waals surface area contributed by atoms with Gasteiger partial charge in [-0.25, -0.2) is 0 Å². The van der Waals surface area contributed by atoms with E-state index in [9.17, 15) is 19.2 Å². The molecule has 0 amide bonds. The Morgan fingerprint density at radius 1 is 0.517 bits per heavy atom. The predicted octanol–water partition coefficient (Wildman–Crippen LogP) is 0.629. The average Bonchev–Trinajstić information content (AvgIpc) is 2.74. The molecule has 0 aromatic heterocycles. The zero-order chi connectivity index (χ0) is 21.2. The molecule has 0 aliphatic heterocycles. The minimum absolute atomic E-state index is 0.325. The monoisotopic (exact) mass is 416 g/mol. The summed E-state index contributed by atoms with van der Waals surface area (Å²) in [6.45, 7) is -1.77. The first-order valence-corrected chi connectivity index (χ1v) is 9.84. The fraction of sp³-hybridized carbons (Fsp3) is 0.789. The Morgan fingerprint density at radius 2 is 0.759 bits per heavy atom. The summed E-state index contributed by atoms with van der Waals surface area (Å²) in [4.78, 5) is 47.3. The summed E-state index contributed by atoms with van der Waals surface area (Å²) in [5.41, 5.74) is 0. The molecule has 0 aromatic carbocycles. The smallest absolute Gasteiger partial charge is 0.311 e. The summed E-state index contributed by atoms with van der Waals surface area (Å²) in [6.07, 6.45) is 3.75. The maximum Gasteiger partial charge on any atom is 0.311 e. The largest absolute Gasteiger partial charge is 0.438 e. The summed E-state index contributed by atoms with van der Waals surface area (Å²) < 4.78 is 19.2. The first kappa shape index (κ1) is 23.1. The molecule has 164 valence electrons. The highest BCUT2D eigenvalue weighted by Crippen LogP contribution is 2.31. The van der Waals surface area contributed by atoms with E-state index < -0.39 is 44.3 Å². The Kier molecular flexibility index (Phi) is 9.33. The third kappa shape index (κ3) is 6.97. The number of hydrogen-bond donors (Lipinski definition) is 2. The lowest BCUT2D eigenvalue weighted by atomic mass is 9.82. The van der Waals surface area contributed by atoms with Crippen molar-refractivity contribution in [3.63, 3.8) is 0 Å². The molecule has 2 rings (SSSR count). The zero-order valence-corrected chi connectivity index (χ0v) is 16.2. The summed E-state index contributed by atoms with van der Waals surface area (Å²) >= 11 is 0. The Morgan fingerprint density at radius 3 is 1.00 bits per heavy atom. The molecule has 0 atom stereocenters. The standard InChI is InChI=1S/C19H28O10/c20-9-26-16(22)12-1-5-14(6-2-12)18(24)28-11-29-19(25)15-7-3-13(4-8-15)17(23)27-10-21/h12-15,20-21H,1-11H2. The zero-order valence-electron chi connectivity index (χ0n) is 16.2. The van der Waals surface area contributed by atoms with E-state index in [-0.39, 0.29) is 23.7 Å². The molecule has 2 aliphatic carbocycles. The van der Waals surface area contributed by atoms with Crippen LogP contribution in [0.4, 0.5) is 0 Å². The highest BCUT2D eigenvalue weighted by molar-refractivity contribution is 5.76. The maximum atomic E-state index is 12.1.